The Labute approximate surface area is 110 Å². The molecule has 0 unspecified atom stereocenters. The third-order valence-corrected chi connectivity index (χ3v) is 3.04. The molecule has 0 amide bonds. The van der Waals surface area contributed by atoms with Crippen molar-refractivity contribution in [1.82, 2.24) is 0 Å². The summed E-state index contributed by atoms with van der Waals surface area (Å²) in [6, 6.07) is 4.07. The molecule has 0 heterocycles. The molecule has 0 saturated heterocycles. The summed E-state index contributed by atoms with van der Waals surface area (Å²) in [6.07, 6.45) is 6.08. The molecule has 0 aliphatic rings. The second kappa shape index (κ2) is 7.85. The molecule has 0 fully saturated rings. The fourth-order valence-electron chi connectivity index (χ4n) is 2.04. The van der Waals surface area contributed by atoms with E-state index >= 15 is 0 Å². The summed E-state index contributed by atoms with van der Waals surface area (Å²) in [4.78, 5) is 0. The Kier molecular flexibility index (Phi) is 6.40. The zero-order valence-electron chi connectivity index (χ0n) is 11.9. The number of aryl methyl sites for hydroxylation is 1. The van der Waals surface area contributed by atoms with Gasteiger partial charge in [-0.1, -0.05) is 26.2 Å². The van der Waals surface area contributed by atoms with Gasteiger partial charge in [0.15, 0.2) is 11.5 Å². The van der Waals surface area contributed by atoms with Gasteiger partial charge in [-0.25, -0.2) is 0 Å². The maximum absolute atomic E-state index is 5.34. The lowest BCUT2D eigenvalue weighted by Crippen LogP contribution is -1.97. The Hall–Kier alpha value is -1.38. The Morgan fingerprint density at radius 1 is 0.833 bits per heavy atom. The van der Waals surface area contributed by atoms with Crippen molar-refractivity contribution in [3.63, 3.8) is 0 Å². The average molecular weight is 252 g/mol. The van der Waals surface area contributed by atoms with E-state index in [0.717, 1.165) is 17.9 Å². The predicted molar refractivity (Wildman–Crippen MR) is 73.9 cm³/mol. The molecule has 3 heteroatoms. The Balaban J connectivity index is 2.80. The summed E-state index contributed by atoms with van der Waals surface area (Å²) in [5, 5.41) is 0. The molecule has 0 spiro atoms. The van der Waals surface area contributed by atoms with E-state index in [1.54, 1.807) is 21.3 Å². The molecular weight excluding hydrogens is 228 g/mol. The number of ether oxygens (including phenoxy) is 3. The molecule has 0 aliphatic carbocycles. The lowest BCUT2D eigenvalue weighted by molar-refractivity contribution is 0.323. The van der Waals surface area contributed by atoms with Gasteiger partial charge in [-0.3, -0.25) is 0 Å². The molecule has 1 aromatic rings. The summed E-state index contributed by atoms with van der Waals surface area (Å²) >= 11 is 0. The standard InChI is InChI=1S/C15H24O3/c1-5-6-7-8-9-12-10-13(16-2)15(18-4)14(11-12)17-3/h10-11H,5-9H2,1-4H3. The van der Waals surface area contributed by atoms with Crippen LogP contribution in [-0.2, 0) is 6.42 Å². The molecule has 0 aromatic heterocycles. The monoisotopic (exact) mass is 252 g/mol. The Bertz CT molecular complexity index is 336. The van der Waals surface area contributed by atoms with Gasteiger partial charge in [0, 0.05) is 0 Å². The first-order valence-corrected chi connectivity index (χ1v) is 6.55. The van der Waals surface area contributed by atoms with E-state index in [1.165, 1.54) is 31.2 Å². The van der Waals surface area contributed by atoms with Gasteiger partial charge in [-0.15, -0.1) is 0 Å². The number of methoxy groups -OCH3 is 3. The first-order chi connectivity index (χ1) is 8.76. The van der Waals surface area contributed by atoms with Crippen molar-refractivity contribution >= 4 is 0 Å². The SMILES string of the molecule is CCCCCCc1cc(OC)c(OC)c(OC)c1. The number of benzene rings is 1. The van der Waals surface area contributed by atoms with Gasteiger partial charge in [-0.2, -0.15) is 0 Å². The van der Waals surface area contributed by atoms with Gasteiger partial charge >= 0.3 is 0 Å². The minimum atomic E-state index is 0.664. The maximum atomic E-state index is 5.34. The molecular formula is C15H24O3. The summed E-state index contributed by atoms with van der Waals surface area (Å²) in [6.45, 7) is 2.22. The third-order valence-electron chi connectivity index (χ3n) is 3.04. The van der Waals surface area contributed by atoms with Crippen LogP contribution in [0.25, 0.3) is 0 Å². The van der Waals surface area contributed by atoms with Crippen LogP contribution in [0.4, 0.5) is 0 Å². The second-order valence-corrected chi connectivity index (χ2v) is 4.34. The highest BCUT2D eigenvalue weighted by Gasteiger charge is 2.12. The van der Waals surface area contributed by atoms with Crippen LogP contribution < -0.4 is 14.2 Å². The second-order valence-electron chi connectivity index (χ2n) is 4.34. The summed E-state index contributed by atoms with van der Waals surface area (Å²) in [5.41, 5.74) is 1.24. The van der Waals surface area contributed by atoms with Gasteiger partial charge in [0.2, 0.25) is 5.75 Å². The molecule has 0 radical (unpaired) electrons. The van der Waals surface area contributed by atoms with E-state index in [0.29, 0.717) is 5.75 Å². The van der Waals surface area contributed by atoms with Crippen LogP contribution in [-0.4, -0.2) is 21.3 Å². The van der Waals surface area contributed by atoms with Crippen molar-refractivity contribution in [3.05, 3.63) is 17.7 Å². The van der Waals surface area contributed by atoms with Crippen LogP contribution >= 0.6 is 0 Å². The highest BCUT2D eigenvalue weighted by molar-refractivity contribution is 5.53. The number of rotatable bonds is 8. The quantitative estimate of drug-likeness (QED) is 0.658. The van der Waals surface area contributed by atoms with Crippen LogP contribution in [0.3, 0.4) is 0 Å². The van der Waals surface area contributed by atoms with Crippen molar-refractivity contribution in [2.24, 2.45) is 0 Å². The van der Waals surface area contributed by atoms with E-state index in [9.17, 15) is 0 Å². The van der Waals surface area contributed by atoms with Crippen LogP contribution in [0.1, 0.15) is 38.2 Å². The largest absolute Gasteiger partial charge is 0.493 e. The van der Waals surface area contributed by atoms with E-state index in [1.807, 2.05) is 12.1 Å². The van der Waals surface area contributed by atoms with Gasteiger partial charge in [0.25, 0.3) is 0 Å². The van der Waals surface area contributed by atoms with E-state index in [-0.39, 0.29) is 0 Å². The highest BCUT2D eigenvalue weighted by atomic mass is 16.5. The summed E-state index contributed by atoms with van der Waals surface area (Å²) < 4.78 is 16.0. The molecule has 0 N–H and O–H groups in total. The van der Waals surface area contributed by atoms with E-state index in [2.05, 4.69) is 6.92 Å². The predicted octanol–water partition coefficient (Wildman–Crippen LogP) is 3.84. The lowest BCUT2D eigenvalue weighted by atomic mass is 10.1. The molecule has 18 heavy (non-hydrogen) atoms. The van der Waals surface area contributed by atoms with Gasteiger partial charge in [0.05, 0.1) is 21.3 Å². The third kappa shape index (κ3) is 3.83. The zero-order valence-corrected chi connectivity index (χ0v) is 11.9. The van der Waals surface area contributed by atoms with Crippen molar-refractivity contribution in [1.29, 1.82) is 0 Å². The first kappa shape index (κ1) is 14.7. The van der Waals surface area contributed by atoms with Gasteiger partial charge in [0.1, 0.15) is 0 Å². The first-order valence-electron chi connectivity index (χ1n) is 6.55. The number of hydrogen-bond donors (Lipinski definition) is 0. The minimum absolute atomic E-state index is 0.664. The highest BCUT2D eigenvalue weighted by Crippen LogP contribution is 2.38. The fraction of sp³-hybridized carbons (Fsp3) is 0.600. The number of hydrogen-bond acceptors (Lipinski definition) is 3. The van der Waals surface area contributed by atoms with Crippen LogP contribution in [0, 0.1) is 0 Å². The summed E-state index contributed by atoms with van der Waals surface area (Å²) in [5.74, 6) is 2.14. The lowest BCUT2D eigenvalue weighted by Gasteiger charge is -2.14. The van der Waals surface area contributed by atoms with Crippen molar-refractivity contribution in [2.45, 2.75) is 39.0 Å². The Morgan fingerprint density at radius 2 is 1.44 bits per heavy atom. The molecule has 3 nitrogen and oxygen atoms in total. The zero-order chi connectivity index (χ0) is 13.4. The smallest absolute Gasteiger partial charge is 0.203 e. The number of unbranched alkanes of at least 4 members (excludes halogenated alkanes) is 3. The molecule has 1 aromatic carbocycles. The van der Waals surface area contributed by atoms with Crippen molar-refractivity contribution < 1.29 is 14.2 Å². The van der Waals surface area contributed by atoms with Gasteiger partial charge in [-0.05, 0) is 30.5 Å². The molecule has 102 valence electrons. The van der Waals surface area contributed by atoms with Crippen LogP contribution in [0.2, 0.25) is 0 Å². The molecule has 0 aliphatic heterocycles. The van der Waals surface area contributed by atoms with E-state index in [4.69, 9.17) is 14.2 Å². The molecule has 0 bridgehead atoms. The molecule has 1 rings (SSSR count). The van der Waals surface area contributed by atoms with E-state index < -0.39 is 0 Å². The van der Waals surface area contributed by atoms with Gasteiger partial charge < -0.3 is 14.2 Å². The van der Waals surface area contributed by atoms with Crippen molar-refractivity contribution in [2.75, 3.05) is 21.3 Å². The fourth-order valence-corrected chi connectivity index (χ4v) is 2.04. The molecule has 0 atom stereocenters. The normalized spacial score (nSPS) is 10.2. The Morgan fingerprint density at radius 3 is 1.89 bits per heavy atom. The maximum Gasteiger partial charge on any atom is 0.203 e. The average Bonchev–Trinajstić information content (AvgIpc) is 2.42. The topological polar surface area (TPSA) is 27.7 Å². The molecule has 0 saturated carbocycles. The van der Waals surface area contributed by atoms with Crippen molar-refractivity contribution in [3.8, 4) is 17.2 Å². The van der Waals surface area contributed by atoms with Crippen LogP contribution in [0.15, 0.2) is 12.1 Å². The minimum Gasteiger partial charge on any atom is -0.493 e. The summed E-state index contributed by atoms with van der Waals surface area (Å²) in [7, 11) is 4.93. The van der Waals surface area contributed by atoms with Crippen LogP contribution in [0.5, 0.6) is 17.2 Å².